The summed E-state index contributed by atoms with van der Waals surface area (Å²) in [4.78, 5) is 7.21. The molecule has 0 saturated carbocycles. The molecule has 0 aliphatic carbocycles. The molecule has 5 heteroatoms. The van der Waals surface area contributed by atoms with E-state index < -0.39 is 0 Å². The number of hydrogen-bond donors (Lipinski definition) is 1. The number of rotatable bonds is 2. The fraction of sp³-hybridized carbons (Fsp3) is 0.846. The van der Waals surface area contributed by atoms with Crippen LogP contribution in [-0.2, 0) is 6.54 Å². The monoisotopic (exact) mass is 249 g/mol. The Bertz CT molecular complexity index is 406. The fourth-order valence-electron chi connectivity index (χ4n) is 3.08. The molecule has 1 fully saturated rings. The minimum absolute atomic E-state index is 0.0933. The van der Waals surface area contributed by atoms with Crippen LogP contribution >= 0.6 is 0 Å². The van der Waals surface area contributed by atoms with Gasteiger partial charge in [0.25, 0.3) is 0 Å². The lowest BCUT2D eigenvalue weighted by atomic mass is 9.96. The largest absolute Gasteiger partial charge is 0.321 e. The summed E-state index contributed by atoms with van der Waals surface area (Å²) < 4.78 is 2.04. The number of hydrogen-bond acceptors (Lipinski definition) is 4. The van der Waals surface area contributed by atoms with Crippen molar-refractivity contribution in [3.8, 4) is 0 Å². The van der Waals surface area contributed by atoms with Gasteiger partial charge in [0.15, 0.2) is 5.82 Å². The van der Waals surface area contributed by atoms with Crippen LogP contribution in [0.2, 0.25) is 0 Å². The van der Waals surface area contributed by atoms with E-state index in [0.29, 0.717) is 5.92 Å². The molecule has 1 unspecified atom stereocenters. The molecule has 0 bridgehead atoms. The minimum Gasteiger partial charge on any atom is -0.321 e. The predicted molar refractivity (Wildman–Crippen MR) is 70.3 cm³/mol. The van der Waals surface area contributed by atoms with Crippen molar-refractivity contribution in [3.05, 3.63) is 11.6 Å². The Hall–Kier alpha value is -0.940. The van der Waals surface area contributed by atoms with Crippen LogP contribution < -0.4 is 5.73 Å². The second-order valence-electron chi connectivity index (χ2n) is 5.51. The molecule has 0 amide bonds. The maximum atomic E-state index is 6.10. The summed E-state index contributed by atoms with van der Waals surface area (Å²) in [5.74, 6) is 2.59. The molecule has 0 radical (unpaired) electrons. The highest BCUT2D eigenvalue weighted by Gasteiger charge is 2.27. The molecule has 2 N–H and O–H groups in total. The van der Waals surface area contributed by atoms with Crippen LogP contribution in [0.4, 0.5) is 0 Å². The zero-order valence-electron chi connectivity index (χ0n) is 11.2. The van der Waals surface area contributed by atoms with E-state index in [9.17, 15) is 0 Å². The number of aryl methyl sites for hydroxylation is 1. The van der Waals surface area contributed by atoms with Gasteiger partial charge in [-0.2, -0.15) is 5.10 Å². The third-order valence-electron chi connectivity index (χ3n) is 4.33. The maximum absolute atomic E-state index is 6.10. The zero-order chi connectivity index (χ0) is 12.5. The van der Waals surface area contributed by atoms with Crippen LogP contribution in [0.5, 0.6) is 0 Å². The lowest BCUT2D eigenvalue weighted by Gasteiger charge is -2.29. The van der Waals surface area contributed by atoms with Crippen LogP contribution in [0, 0.1) is 0 Å². The Labute approximate surface area is 108 Å². The number of likely N-dealkylation sites (tertiary alicyclic amines) is 1. The molecular weight excluding hydrogens is 226 g/mol. The molecule has 18 heavy (non-hydrogen) atoms. The smallest absolute Gasteiger partial charge is 0.154 e. The molecule has 0 aromatic carbocycles. The number of nitrogens with zero attached hydrogens (tertiary/aromatic N) is 4. The predicted octanol–water partition coefficient (Wildman–Crippen LogP) is 1.27. The number of fused-ring (bicyclic) bond motifs is 1. The van der Waals surface area contributed by atoms with E-state index in [-0.39, 0.29) is 6.04 Å². The summed E-state index contributed by atoms with van der Waals surface area (Å²) in [6.07, 6.45) is 4.55. The van der Waals surface area contributed by atoms with Crippen LogP contribution in [0.15, 0.2) is 0 Å². The van der Waals surface area contributed by atoms with Gasteiger partial charge in [-0.05, 0) is 45.3 Å². The van der Waals surface area contributed by atoms with Gasteiger partial charge in [-0.3, -0.25) is 0 Å². The second-order valence-corrected chi connectivity index (χ2v) is 5.51. The number of piperidine rings is 1. The summed E-state index contributed by atoms with van der Waals surface area (Å²) in [5, 5.41) is 4.68. The van der Waals surface area contributed by atoms with Crippen molar-refractivity contribution < 1.29 is 0 Å². The van der Waals surface area contributed by atoms with Crippen LogP contribution in [0.1, 0.15) is 56.2 Å². The van der Waals surface area contributed by atoms with Crippen LogP contribution in [0.3, 0.4) is 0 Å². The summed E-state index contributed by atoms with van der Waals surface area (Å²) in [5.41, 5.74) is 6.10. The molecule has 3 heterocycles. The molecular formula is C13H23N5. The average Bonchev–Trinajstić information content (AvgIpc) is 2.84. The van der Waals surface area contributed by atoms with Crippen LogP contribution in [-0.4, -0.2) is 39.3 Å². The molecule has 3 rings (SSSR count). The van der Waals surface area contributed by atoms with Gasteiger partial charge in [-0.25, -0.2) is 9.67 Å². The van der Waals surface area contributed by atoms with Gasteiger partial charge in [0.1, 0.15) is 5.82 Å². The van der Waals surface area contributed by atoms with Gasteiger partial charge in [0, 0.05) is 12.5 Å². The fourth-order valence-corrected chi connectivity index (χ4v) is 3.08. The molecule has 2 aliphatic heterocycles. The lowest BCUT2D eigenvalue weighted by molar-refractivity contribution is 0.219. The Morgan fingerprint density at radius 2 is 2.00 bits per heavy atom. The standard InChI is InChI=1S/C13H23N5/c1-2-17-8-5-10(6-9-17)12-15-13-11(14)4-3-7-18(13)16-12/h10-11H,2-9,14H2,1H3. The van der Waals surface area contributed by atoms with E-state index in [1.165, 1.54) is 25.9 Å². The van der Waals surface area contributed by atoms with Crippen LogP contribution in [0.25, 0.3) is 0 Å². The van der Waals surface area contributed by atoms with Gasteiger partial charge in [-0.1, -0.05) is 6.92 Å². The first kappa shape index (κ1) is 12.1. The Balaban J connectivity index is 1.74. The third kappa shape index (κ3) is 2.17. The van der Waals surface area contributed by atoms with Gasteiger partial charge in [0.05, 0.1) is 6.04 Å². The molecule has 5 nitrogen and oxygen atoms in total. The molecule has 1 aromatic heterocycles. The van der Waals surface area contributed by atoms with E-state index >= 15 is 0 Å². The average molecular weight is 249 g/mol. The highest BCUT2D eigenvalue weighted by atomic mass is 15.4. The Morgan fingerprint density at radius 3 is 2.67 bits per heavy atom. The normalized spacial score (nSPS) is 26.2. The molecule has 1 aromatic rings. The highest BCUT2D eigenvalue weighted by molar-refractivity contribution is 5.05. The quantitative estimate of drug-likeness (QED) is 0.857. The Kier molecular flexibility index (Phi) is 3.35. The van der Waals surface area contributed by atoms with Crippen molar-refractivity contribution in [2.75, 3.05) is 19.6 Å². The first-order valence-corrected chi connectivity index (χ1v) is 7.20. The van der Waals surface area contributed by atoms with E-state index in [1.54, 1.807) is 0 Å². The summed E-state index contributed by atoms with van der Waals surface area (Å²) >= 11 is 0. The first-order chi connectivity index (χ1) is 8.78. The lowest BCUT2D eigenvalue weighted by Crippen LogP contribution is -2.32. The Morgan fingerprint density at radius 1 is 1.22 bits per heavy atom. The van der Waals surface area contributed by atoms with E-state index in [4.69, 9.17) is 10.7 Å². The third-order valence-corrected chi connectivity index (χ3v) is 4.33. The summed E-state index contributed by atoms with van der Waals surface area (Å²) in [6.45, 7) is 6.73. The van der Waals surface area contributed by atoms with Gasteiger partial charge < -0.3 is 10.6 Å². The van der Waals surface area contributed by atoms with Crippen molar-refractivity contribution in [2.24, 2.45) is 5.73 Å². The zero-order valence-corrected chi connectivity index (χ0v) is 11.2. The van der Waals surface area contributed by atoms with Crippen molar-refractivity contribution in [3.63, 3.8) is 0 Å². The number of nitrogens with two attached hydrogens (primary N) is 1. The number of aromatic nitrogens is 3. The van der Waals surface area contributed by atoms with Gasteiger partial charge in [-0.15, -0.1) is 0 Å². The molecule has 1 saturated heterocycles. The maximum Gasteiger partial charge on any atom is 0.154 e. The van der Waals surface area contributed by atoms with E-state index in [0.717, 1.165) is 37.6 Å². The second kappa shape index (κ2) is 4.97. The topological polar surface area (TPSA) is 60.0 Å². The van der Waals surface area contributed by atoms with Gasteiger partial charge in [0.2, 0.25) is 0 Å². The first-order valence-electron chi connectivity index (χ1n) is 7.20. The molecule has 1 atom stereocenters. The van der Waals surface area contributed by atoms with Crippen molar-refractivity contribution in [1.29, 1.82) is 0 Å². The minimum atomic E-state index is 0.0933. The summed E-state index contributed by atoms with van der Waals surface area (Å²) in [7, 11) is 0. The molecule has 100 valence electrons. The van der Waals surface area contributed by atoms with E-state index in [2.05, 4.69) is 16.9 Å². The van der Waals surface area contributed by atoms with Crippen molar-refractivity contribution in [2.45, 2.75) is 51.1 Å². The van der Waals surface area contributed by atoms with Crippen molar-refractivity contribution >= 4 is 0 Å². The summed E-state index contributed by atoms with van der Waals surface area (Å²) in [6, 6.07) is 0.0933. The molecule has 0 spiro atoms. The van der Waals surface area contributed by atoms with Gasteiger partial charge >= 0.3 is 0 Å². The SMILES string of the molecule is CCN1CCC(c2nc3n(n2)CCCC3N)CC1. The van der Waals surface area contributed by atoms with Crippen molar-refractivity contribution in [1.82, 2.24) is 19.7 Å². The highest BCUT2D eigenvalue weighted by Crippen LogP contribution is 2.28. The van der Waals surface area contributed by atoms with E-state index in [1.807, 2.05) is 4.68 Å². The molecule has 2 aliphatic rings.